The molecule has 20 heavy (non-hydrogen) atoms. The van der Waals surface area contributed by atoms with Crippen molar-refractivity contribution in [1.82, 2.24) is 10.2 Å². The fourth-order valence-electron chi connectivity index (χ4n) is 4.70. The van der Waals surface area contributed by atoms with Gasteiger partial charge in [0.2, 0.25) is 0 Å². The minimum absolute atomic E-state index is 0.547. The lowest BCUT2D eigenvalue weighted by molar-refractivity contribution is -0.0892. The van der Waals surface area contributed by atoms with Crippen molar-refractivity contribution >= 4 is 0 Å². The Labute approximate surface area is 124 Å². The topological polar surface area (TPSA) is 24.5 Å². The summed E-state index contributed by atoms with van der Waals surface area (Å²) < 4.78 is 5.99. The van der Waals surface area contributed by atoms with Crippen molar-refractivity contribution in [3.63, 3.8) is 0 Å². The van der Waals surface area contributed by atoms with E-state index in [2.05, 4.69) is 17.1 Å². The van der Waals surface area contributed by atoms with Gasteiger partial charge in [0.25, 0.3) is 0 Å². The Morgan fingerprint density at radius 1 is 1.10 bits per heavy atom. The molecule has 3 fully saturated rings. The molecule has 3 rings (SSSR count). The van der Waals surface area contributed by atoms with Crippen LogP contribution in [0.1, 0.15) is 58.3 Å². The predicted molar refractivity (Wildman–Crippen MR) is 83.0 cm³/mol. The van der Waals surface area contributed by atoms with Crippen LogP contribution in [0.4, 0.5) is 0 Å². The van der Waals surface area contributed by atoms with Crippen LogP contribution in [0.2, 0.25) is 0 Å². The van der Waals surface area contributed by atoms with Crippen LogP contribution < -0.4 is 5.32 Å². The third-order valence-electron chi connectivity index (χ3n) is 5.76. The van der Waals surface area contributed by atoms with Crippen LogP contribution in [0, 0.1) is 5.92 Å². The van der Waals surface area contributed by atoms with Gasteiger partial charge in [-0.05, 0) is 51.1 Å². The summed E-state index contributed by atoms with van der Waals surface area (Å²) in [5.74, 6) is 0.917. The molecule has 3 nitrogen and oxygen atoms in total. The highest BCUT2D eigenvalue weighted by molar-refractivity contribution is 4.89. The van der Waals surface area contributed by atoms with E-state index in [1.54, 1.807) is 0 Å². The first-order valence-corrected chi connectivity index (χ1v) is 8.97. The SMILES string of the molecule is CCNC1CCCC1CCN1CCOC2CCCCC21. The van der Waals surface area contributed by atoms with Gasteiger partial charge in [-0.1, -0.05) is 26.2 Å². The molecule has 4 unspecified atom stereocenters. The number of nitrogens with one attached hydrogen (secondary N) is 1. The van der Waals surface area contributed by atoms with Crippen molar-refractivity contribution in [2.75, 3.05) is 26.2 Å². The maximum Gasteiger partial charge on any atom is 0.0730 e. The Morgan fingerprint density at radius 2 is 2.00 bits per heavy atom. The molecule has 1 N–H and O–H groups in total. The summed E-state index contributed by atoms with van der Waals surface area (Å²) in [4.78, 5) is 2.76. The highest BCUT2D eigenvalue weighted by atomic mass is 16.5. The molecule has 0 aromatic carbocycles. The summed E-state index contributed by atoms with van der Waals surface area (Å²) in [5.41, 5.74) is 0. The van der Waals surface area contributed by atoms with E-state index in [-0.39, 0.29) is 0 Å². The van der Waals surface area contributed by atoms with Crippen molar-refractivity contribution in [2.24, 2.45) is 5.92 Å². The van der Waals surface area contributed by atoms with Gasteiger partial charge in [0.05, 0.1) is 12.7 Å². The van der Waals surface area contributed by atoms with E-state index in [0.29, 0.717) is 6.10 Å². The second kappa shape index (κ2) is 7.24. The number of nitrogens with zero attached hydrogens (tertiary/aromatic N) is 1. The summed E-state index contributed by atoms with van der Waals surface area (Å²) in [5, 5.41) is 3.70. The average Bonchev–Trinajstić information content (AvgIpc) is 2.93. The molecule has 0 aromatic rings. The van der Waals surface area contributed by atoms with Gasteiger partial charge in [-0.2, -0.15) is 0 Å². The zero-order valence-electron chi connectivity index (χ0n) is 13.2. The molecule has 116 valence electrons. The second-order valence-corrected chi connectivity index (χ2v) is 6.94. The molecule has 3 heteroatoms. The molecule has 4 atom stereocenters. The summed E-state index contributed by atoms with van der Waals surface area (Å²) in [6, 6.07) is 1.53. The molecule has 1 aliphatic heterocycles. The number of hydrogen-bond acceptors (Lipinski definition) is 3. The van der Waals surface area contributed by atoms with E-state index in [9.17, 15) is 0 Å². The van der Waals surface area contributed by atoms with Gasteiger partial charge in [0.1, 0.15) is 0 Å². The standard InChI is InChI=1S/C17H32N2O/c1-2-18-15-7-5-6-14(15)10-11-19-12-13-20-17-9-4-3-8-16(17)19/h14-18H,2-13H2,1H3. The van der Waals surface area contributed by atoms with E-state index in [0.717, 1.165) is 31.2 Å². The molecule has 1 saturated heterocycles. The minimum atomic E-state index is 0.547. The molecule has 2 saturated carbocycles. The normalized spacial score (nSPS) is 38.9. The van der Waals surface area contributed by atoms with Crippen molar-refractivity contribution in [1.29, 1.82) is 0 Å². The number of hydrogen-bond donors (Lipinski definition) is 1. The first-order valence-electron chi connectivity index (χ1n) is 8.97. The van der Waals surface area contributed by atoms with Crippen molar-refractivity contribution in [3.05, 3.63) is 0 Å². The summed E-state index contributed by atoms with van der Waals surface area (Å²) in [6.07, 6.45) is 11.6. The molecule has 2 aliphatic carbocycles. The smallest absolute Gasteiger partial charge is 0.0730 e. The lowest BCUT2D eigenvalue weighted by Crippen LogP contribution is -2.53. The Morgan fingerprint density at radius 3 is 2.90 bits per heavy atom. The molecule has 0 bridgehead atoms. The maximum atomic E-state index is 5.99. The van der Waals surface area contributed by atoms with Crippen LogP contribution in [0.15, 0.2) is 0 Å². The molecule has 0 amide bonds. The molecule has 1 heterocycles. The van der Waals surface area contributed by atoms with Crippen LogP contribution in [0.3, 0.4) is 0 Å². The Balaban J connectivity index is 1.49. The summed E-state index contributed by atoms with van der Waals surface area (Å²) in [7, 11) is 0. The molecular weight excluding hydrogens is 248 g/mol. The lowest BCUT2D eigenvalue weighted by atomic mass is 9.89. The zero-order valence-corrected chi connectivity index (χ0v) is 13.2. The predicted octanol–water partition coefficient (Wildman–Crippen LogP) is 2.80. The third kappa shape index (κ3) is 3.37. The number of rotatable bonds is 5. The molecule has 0 spiro atoms. The van der Waals surface area contributed by atoms with Crippen molar-refractivity contribution < 1.29 is 4.74 Å². The van der Waals surface area contributed by atoms with Crippen LogP contribution in [0.5, 0.6) is 0 Å². The maximum absolute atomic E-state index is 5.99. The molecule has 3 aliphatic rings. The van der Waals surface area contributed by atoms with Crippen LogP contribution in [-0.2, 0) is 4.74 Å². The fourth-order valence-corrected chi connectivity index (χ4v) is 4.70. The van der Waals surface area contributed by atoms with E-state index in [1.807, 2.05) is 0 Å². The van der Waals surface area contributed by atoms with Gasteiger partial charge in [-0.15, -0.1) is 0 Å². The Bertz CT molecular complexity index is 295. The van der Waals surface area contributed by atoms with Crippen LogP contribution in [-0.4, -0.2) is 49.3 Å². The molecular formula is C17H32N2O. The third-order valence-corrected chi connectivity index (χ3v) is 5.76. The van der Waals surface area contributed by atoms with Gasteiger partial charge >= 0.3 is 0 Å². The molecule has 0 aromatic heterocycles. The highest BCUT2D eigenvalue weighted by Gasteiger charge is 2.35. The number of fused-ring (bicyclic) bond motifs is 1. The fraction of sp³-hybridized carbons (Fsp3) is 1.00. The quantitative estimate of drug-likeness (QED) is 0.838. The van der Waals surface area contributed by atoms with Crippen molar-refractivity contribution in [2.45, 2.75) is 76.5 Å². The second-order valence-electron chi connectivity index (χ2n) is 6.94. The summed E-state index contributed by atoms with van der Waals surface area (Å²) >= 11 is 0. The van der Waals surface area contributed by atoms with Gasteiger partial charge in [-0.25, -0.2) is 0 Å². The van der Waals surface area contributed by atoms with Gasteiger partial charge in [-0.3, -0.25) is 4.90 Å². The Hall–Kier alpha value is -0.120. The van der Waals surface area contributed by atoms with E-state index in [1.165, 1.54) is 64.5 Å². The minimum Gasteiger partial charge on any atom is -0.375 e. The average molecular weight is 280 g/mol. The van der Waals surface area contributed by atoms with E-state index < -0.39 is 0 Å². The van der Waals surface area contributed by atoms with Gasteiger partial charge < -0.3 is 10.1 Å². The van der Waals surface area contributed by atoms with Crippen molar-refractivity contribution in [3.8, 4) is 0 Å². The van der Waals surface area contributed by atoms with Crippen LogP contribution >= 0.6 is 0 Å². The monoisotopic (exact) mass is 280 g/mol. The number of morpholine rings is 1. The first kappa shape index (κ1) is 14.8. The lowest BCUT2D eigenvalue weighted by Gasteiger charge is -2.44. The van der Waals surface area contributed by atoms with Gasteiger partial charge in [0, 0.05) is 18.6 Å². The molecule has 0 radical (unpaired) electrons. The van der Waals surface area contributed by atoms with E-state index in [4.69, 9.17) is 4.74 Å². The van der Waals surface area contributed by atoms with Gasteiger partial charge in [0.15, 0.2) is 0 Å². The first-order chi connectivity index (χ1) is 9.88. The number of ether oxygens (including phenoxy) is 1. The Kier molecular flexibility index (Phi) is 5.36. The summed E-state index contributed by atoms with van der Waals surface area (Å²) in [6.45, 7) is 6.80. The largest absolute Gasteiger partial charge is 0.375 e. The highest BCUT2D eigenvalue weighted by Crippen LogP contribution is 2.32. The van der Waals surface area contributed by atoms with E-state index >= 15 is 0 Å². The van der Waals surface area contributed by atoms with Crippen LogP contribution in [0.25, 0.3) is 0 Å². The zero-order chi connectivity index (χ0) is 13.8.